The summed E-state index contributed by atoms with van der Waals surface area (Å²) < 4.78 is 11.9. The van der Waals surface area contributed by atoms with Gasteiger partial charge >= 0.3 is 0 Å². The van der Waals surface area contributed by atoms with Gasteiger partial charge in [-0.15, -0.1) is 10.2 Å². The predicted octanol–water partition coefficient (Wildman–Crippen LogP) is 2.25. The van der Waals surface area contributed by atoms with Gasteiger partial charge in [0.15, 0.2) is 0 Å². The second-order valence-corrected chi connectivity index (χ2v) is 9.10. The highest BCUT2D eigenvalue weighted by atomic mass is 16.5. The van der Waals surface area contributed by atoms with E-state index in [1.165, 1.54) is 19.3 Å². The number of fused-ring (bicyclic) bond motifs is 1. The molecule has 1 unspecified atom stereocenters. The van der Waals surface area contributed by atoms with Gasteiger partial charge in [-0.25, -0.2) is 0 Å². The number of nitrogens with zero attached hydrogens (tertiary/aromatic N) is 4. The molecular weight excluding hydrogens is 344 g/mol. The minimum Gasteiger partial charge on any atom is -0.423 e. The van der Waals surface area contributed by atoms with E-state index >= 15 is 0 Å². The third-order valence-corrected chi connectivity index (χ3v) is 7.30. The molecule has 0 N–H and O–H groups in total. The van der Waals surface area contributed by atoms with Gasteiger partial charge in [-0.3, -0.25) is 9.69 Å². The molecule has 27 heavy (non-hydrogen) atoms. The molecule has 1 aromatic rings. The van der Waals surface area contributed by atoms with E-state index in [0.29, 0.717) is 24.1 Å². The van der Waals surface area contributed by atoms with Gasteiger partial charge in [0, 0.05) is 25.6 Å². The minimum absolute atomic E-state index is 0.00505. The van der Waals surface area contributed by atoms with Gasteiger partial charge in [0.05, 0.1) is 19.1 Å². The van der Waals surface area contributed by atoms with Crippen molar-refractivity contribution >= 4 is 5.91 Å². The number of morpholine rings is 1. The third kappa shape index (κ3) is 2.65. The van der Waals surface area contributed by atoms with Crippen LogP contribution in [0.3, 0.4) is 0 Å². The topological polar surface area (TPSA) is 71.7 Å². The average molecular weight is 374 g/mol. The van der Waals surface area contributed by atoms with Crippen LogP contribution in [0.2, 0.25) is 0 Å². The van der Waals surface area contributed by atoms with E-state index in [1.807, 2.05) is 4.90 Å². The molecule has 1 amide bonds. The van der Waals surface area contributed by atoms with Gasteiger partial charge in [-0.1, -0.05) is 6.92 Å². The molecule has 6 rings (SSSR count). The molecule has 2 aliphatic carbocycles. The Balaban J connectivity index is 1.27. The van der Waals surface area contributed by atoms with Crippen LogP contribution in [0.15, 0.2) is 4.42 Å². The standard InChI is InChI=1S/C20H30N4O3/c1-3-7-23-12-16(26-13-19(23)5-4-6-19)8-17(25)24-11-15-9-20(24,10-15)18-22-21-14(2)27-18/h15-16H,3-13H2,1-2H3. The molecule has 2 saturated carbocycles. The Morgan fingerprint density at radius 2 is 2.07 bits per heavy atom. The molecule has 0 radical (unpaired) electrons. The molecule has 148 valence electrons. The lowest BCUT2D eigenvalue weighted by Crippen LogP contribution is -2.63. The third-order valence-electron chi connectivity index (χ3n) is 7.30. The van der Waals surface area contributed by atoms with Crippen LogP contribution in [-0.2, 0) is 15.1 Å². The zero-order valence-electron chi connectivity index (χ0n) is 16.4. The number of aromatic nitrogens is 2. The first kappa shape index (κ1) is 17.6. The molecule has 1 atom stereocenters. The largest absolute Gasteiger partial charge is 0.423 e. The summed E-state index contributed by atoms with van der Waals surface area (Å²) >= 11 is 0. The van der Waals surface area contributed by atoms with Gasteiger partial charge in [0.2, 0.25) is 17.7 Å². The van der Waals surface area contributed by atoms with Crippen LogP contribution >= 0.6 is 0 Å². The molecular formula is C20H30N4O3. The Labute approximate surface area is 160 Å². The summed E-state index contributed by atoms with van der Waals surface area (Å²) in [6.07, 6.45) is 7.28. The first-order chi connectivity index (χ1) is 13.0. The average Bonchev–Trinajstić information content (AvgIpc) is 3.26. The van der Waals surface area contributed by atoms with E-state index in [2.05, 4.69) is 22.0 Å². The first-order valence-corrected chi connectivity index (χ1v) is 10.5. The Morgan fingerprint density at radius 3 is 2.70 bits per heavy atom. The number of carbonyl (C=O) groups is 1. The zero-order chi connectivity index (χ0) is 18.6. The lowest BCUT2D eigenvalue weighted by molar-refractivity contribution is -0.158. The number of rotatable bonds is 5. The lowest BCUT2D eigenvalue weighted by Gasteiger charge is -2.54. The highest BCUT2D eigenvalue weighted by Gasteiger charge is 2.62. The number of amides is 1. The van der Waals surface area contributed by atoms with Crippen molar-refractivity contribution in [2.24, 2.45) is 5.92 Å². The van der Waals surface area contributed by atoms with Crippen LogP contribution in [0.4, 0.5) is 0 Å². The van der Waals surface area contributed by atoms with Crippen molar-refractivity contribution in [1.82, 2.24) is 20.0 Å². The molecule has 0 aromatic carbocycles. The Morgan fingerprint density at radius 1 is 1.26 bits per heavy atom. The number of hydrogen-bond donors (Lipinski definition) is 0. The van der Waals surface area contributed by atoms with E-state index in [9.17, 15) is 4.79 Å². The fourth-order valence-corrected chi connectivity index (χ4v) is 5.72. The fourth-order valence-electron chi connectivity index (χ4n) is 5.72. The van der Waals surface area contributed by atoms with Crippen LogP contribution in [0.25, 0.3) is 0 Å². The van der Waals surface area contributed by atoms with Crippen LogP contribution in [-0.4, -0.2) is 63.8 Å². The summed E-state index contributed by atoms with van der Waals surface area (Å²) in [5, 5.41) is 8.23. The monoisotopic (exact) mass is 374 g/mol. The first-order valence-electron chi connectivity index (χ1n) is 10.5. The van der Waals surface area contributed by atoms with E-state index in [-0.39, 0.29) is 23.1 Å². The lowest BCUT2D eigenvalue weighted by atomic mass is 9.73. The Kier molecular flexibility index (Phi) is 4.09. The van der Waals surface area contributed by atoms with Crippen LogP contribution in [0.5, 0.6) is 0 Å². The van der Waals surface area contributed by atoms with Crippen LogP contribution < -0.4 is 0 Å². The van der Waals surface area contributed by atoms with E-state index in [0.717, 1.165) is 45.5 Å². The summed E-state index contributed by atoms with van der Waals surface area (Å²) in [4.78, 5) is 17.8. The van der Waals surface area contributed by atoms with Crippen LogP contribution in [0, 0.1) is 12.8 Å². The number of carbonyl (C=O) groups excluding carboxylic acids is 1. The van der Waals surface area contributed by atoms with Crippen molar-refractivity contribution in [3.63, 3.8) is 0 Å². The molecule has 7 nitrogen and oxygen atoms in total. The van der Waals surface area contributed by atoms with Crippen molar-refractivity contribution in [1.29, 1.82) is 0 Å². The van der Waals surface area contributed by atoms with Gasteiger partial charge in [-0.2, -0.15) is 0 Å². The minimum atomic E-state index is -0.351. The Bertz CT molecular complexity index is 723. The summed E-state index contributed by atoms with van der Waals surface area (Å²) in [5.74, 6) is 1.94. The van der Waals surface area contributed by atoms with E-state index < -0.39 is 0 Å². The van der Waals surface area contributed by atoms with E-state index in [1.54, 1.807) is 6.92 Å². The number of hydrogen-bond acceptors (Lipinski definition) is 6. The predicted molar refractivity (Wildman–Crippen MR) is 98.0 cm³/mol. The summed E-state index contributed by atoms with van der Waals surface area (Å²) in [5.41, 5.74) is -0.0940. The van der Waals surface area contributed by atoms with Gasteiger partial charge < -0.3 is 14.1 Å². The van der Waals surface area contributed by atoms with Crippen molar-refractivity contribution in [2.75, 3.05) is 26.2 Å². The van der Waals surface area contributed by atoms with Crippen LogP contribution in [0.1, 0.15) is 63.7 Å². The molecule has 5 fully saturated rings. The molecule has 4 heterocycles. The summed E-state index contributed by atoms with van der Waals surface area (Å²) in [7, 11) is 0. The molecule has 3 aliphatic heterocycles. The summed E-state index contributed by atoms with van der Waals surface area (Å²) in [6.45, 7) is 7.61. The fraction of sp³-hybridized carbons (Fsp3) is 0.850. The maximum Gasteiger partial charge on any atom is 0.242 e. The van der Waals surface area contributed by atoms with Crippen molar-refractivity contribution in [3.05, 3.63) is 11.8 Å². The SMILES string of the molecule is CCCN1CC(CC(=O)N2CC3CC2(c2nnc(C)o2)C3)OCC12CCC2. The van der Waals surface area contributed by atoms with Crippen molar-refractivity contribution in [2.45, 2.75) is 76.0 Å². The number of ether oxygens (including phenoxy) is 1. The quantitative estimate of drug-likeness (QED) is 0.787. The second kappa shape index (κ2) is 6.27. The molecule has 1 aromatic heterocycles. The zero-order valence-corrected chi connectivity index (χ0v) is 16.4. The highest BCUT2D eigenvalue weighted by molar-refractivity contribution is 5.78. The maximum atomic E-state index is 13.2. The van der Waals surface area contributed by atoms with Crippen molar-refractivity contribution < 1.29 is 13.9 Å². The molecule has 7 heteroatoms. The Hall–Kier alpha value is -1.47. The normalized spacial score (nSPS) is 34.5. The van der Waals surface area contributed by atoms with Gasteiger partial charge in [0.1, 0.15) is 5.54 Å². The molecule has 1 spiro atoms. The molecule has 5 aliphatic rings. The number of aryl methyl sites for hydroxylation is 1. The van der Waals surface area contributed by atoms with Gasteiger partial charge in [0.25, 0.3) is 0 Å². The smallest absolute Gasteiger partial charge is 0.242 e. The highest BCUT2D eigenvalue weighted by Crippen LogP contribution is 2.56. The second-order valence-electron chi connectivity index (χ2n) is 9.10. The maximum absolute atomic E-state index is 13.2. The van der Waals surface area contributed by atoms with E-state index in [4.69, 9.17) is 9.15 Å². The van der Waals surface area contributed by atoms with Gasteiger partial charge in [-0.05, 0) is 51.0 Å². The molecule has 2 bridgehead atoms. The summed E-state index contributed by atoms with van der Waals surface area (Å²) in [6, 6.07) is 0. The molecule has 3 saturated heterocycles. The van der Waals surface area contributed by atoms with Crippen molar-refractivity contribution in [3.8, 4) is 0 Å².